The summed E-state index contributed by atoms with van der Waals surface area (Å²) in [6.45, 7) is 0. The highest BCUT2D eigenvalue weighted by molar-refractivity contribution is 6.31. The highest BCUT2D eigenvalue weighted by Gasteiger charge is 2.34. The fraction of sp³-hybridized carbons (Fsp3) is 0.0741. The molecule has 1 heterocycles. The number of hydrogen-bond acceptors (Lipinski definition) is 4. The van der Waals surface area contributed by atoms with Gasteiger partial charge in [0.2, 0.25) is 5.91 Å². The van der Waals surface area contributed by atoms with Gasteiger partial charge >= 0.3 is 17.8 Å². The number of alkyl halides is 3. The number of halogens is 6. The smallest absolute Gasteiger partial charge is 0.418 e. The summed E-state index contributed by atoms with van der Waals surface area (Å²) in [5, 5.41) is 10.6. The van der Waals surface area contributed by atoms with E-state index < -0.39 is 58.5 Å². The summed E-state index contributed by atoms with van der Waals surface area (Å²) in [5.41, 5.74) is -3.50. The van der Waals surface area contributed by atoms with Gasteiger partial charge in [-0.15, -0.1) is 0 Å². The Hall–Kier alpha value is -4.51. The molecule has 1 aromatic heterocycles. The van der Waals surface area contributed by atoms with Gasteiger partial charge in [-0.05, 0) is 47.5 Å². The van der Waals surface area contributed by atoms with Crippen LogP contribution in [0.4, 0.5) is 27.6 Å². The molecule has 0 aliphatic carbocycles. The molecule has 0 fully saturated rings. The van der Waals surface area contributed by atoms with Gasteiger partial charge < -0.3 is 14.8 Å². The Morgan fingerprint density at radius 2 is 1.79 bits per heavy atom. The molecule has 0 spiro atoms. The number of fused-ring (bicyclic) bond motifs is 1. The number of benzene rings is 3. The Balaban J connectivity index is 1.86. The molecule has 4 rings (SSSR count). The molecule has 0 saturated heterocycles. The van der Waals surface area contributed by atoms with Crippen LogP contribution in [0.25, 0.3) is 28.2 Å². The lowest BCUT2D eigenvalue weighted by Gasteiger charge is -2.16. The van der Waals surface area contributed by atoms with Crippen molar-refractivity contribution >= 4 is 46.2 Å². The van der Waals surface area contributed by atoms with Crippen LogP contribution in [0, 0.1) is 11.6 Å². The maximum atomic E-state index is 15.2. The lowest BCUT2D eigenvalue weighted by molar-refractivity contribution is -0.137. The average Bonchev–Trinajstić information content (AvgIpc) is 2.84. The van der Waals surface area contributed by atoms with Crippen LogP contribution < -0.4 is 10.9 Å². The number of amides is 1. The predicted octanol–water partition coefficient (Wildman–Crippen LogP) is 6.69. The number of carbonyl (C=O) groups excluding carboxylic acids is 1. The molecule has 0 bridgehead atoms. The zero-order valence-electron chi connectivity index (χ0n) is 19.4. The van der Waals surface area contributed by atoms with Crippen molar-refractivity contribution in [3.8, 4) is 11.1 Å². The number of carbonyl (C=O) groups is 2. The van der Waals surface area contributed by atoms with E-state index in [1.807, 2.05) is 5.32 Å². The van der Waals surface area contributed by atoms with E-state index in [1.54, 1.807) is 0 Å². The molecule has 3 aromatic carbocycles. The minimum atomic E-state index is -5.00. The minimum absolute atomic E-state index is 0.0891. The van der Waals surface area contributed by atoms with Crippen molar-refractivity contribution in [3.63, 3.8) is 0 Å². The van der Waals surface area contributed by atoms with E-state index >= 15 is 4.39 Å². The van der Waals surface area contributed by atoms with Crippen molar-refractivity contribution in [3.05, 3.63) is 104 Å². The number of hydrogen-bond donors (Lipinski definition) is 2. The van der Waals surface area contributed by atoms with Gasteiger partial charge in [-0.1, -0.05) is 29.8 Å². The van der Waals surface area contributed by atoms with E-state index in [0.717, 1.165) is 24.3 Å². The zero-order valence-corrected chi connectivity index (χ0v) is 20.2. The van der Waals surface area contributed by atoms with Crippen LogP contribution in [0.1, 0.15) is 16.7 Å². The summed E-state index contributed by atoms with van der Waals surface area (Å²) in [6, 6.07) is 9.67. The lowest BCUT2D eigenvalue weighted by atomic mass is 9.93. The normalized spacial score (nSPS) is 11.7. The fourth-order valence-corrected chi connectivity index (χ4v) is 4.14. The molecular weight excluding hydrogens is 549 g/mol. The third-order valence-corrected chi connectivity index (χ3v) is 5.73. The third-order valence-electron chi connectivity index (χ3n) is 5.51. The maximum absolute atomic E-state index is 15.2. The van der Waals surface area contributed by atoms with Gasteiger partial charge in [0.25, 0.3) is 0 Å². The Morgan fingerprint density at radius 3 is 2.49 bits per heavy atom. The quantitative estimate of drug-likeness (QED) is 0.155. The van der Waals surface area contributed by atoms with Gasteiger partial charge in [-0.25, -0.2) is 18.4 Å². The molecule has 2 N–H and O–H groups in total. The Labute approximate surface area is 220 Å². The molecule has 0 aliphatic heterocycles. The standard InChI is InChI=1S/C27H15ClF5NO5/c28-15-9-19(30)25-21(10-15)39-26(38)17(24(25)14-3-1-2-13(8-14)4-7-23(36)37)12-22(35)34-20-6-5-16(29)11-18(20)27(31,32)33/h1-11H,12H2,(H,34,35)(H,36,37)/b7-4+. The molecule has 0 unspecified atom stereocenters. The largest absolute Gasteiger partial charge is 0.478 e. The molecule has 0 atom stereocenters. The van der Waals surface area contributed by atoms with Crippen molar-refractivity contribution in [2.75, 3.05) is 5.32 Å². The minimum Gasteiger partial charge on any atom is -0.478 e. The SMILES string of the molecule is O=C(O)/C=C/c1cccc(-c2c(CC(=O)Nc3ccc(F)cc3C(F)(F)F)c(=O)oc3cc(Cl)cc(F)c23)c1. The predicted molar refractivity (Wildman–Crippen MR) is 133 cm³/mol. The summed E-state index contributed by atoms with van der Waals surface area (Å²) >= 11 is 5.90. The van der Waals surface area contributed by atoms with E-state index in [2.05, 4.69) is 0 Å². The van der Waals surface area contributed by atoms with Crippen molar-refractivity contribution in [2.45, 2.75) is 12.6 Å². The van der Waals surface area contributed by atoms with Crippen LogP contribution in [0.5, 0.6) is 0 Å². The second-order valence-electron chi connectivity index (χ2n) is 8.21. The molecule has 39 heavy (non-hydrogen) atoms. The molecule has 1 amide bonds. The third kappa shape index (κ3) is 6.15. The molecule has 0 saturated carbocycles. The Bertz CT molecular complexity index is 1710. The van der Waals surface area contributed by atoms with Crippen molar-refractivity contribution in [1.82, 2.24) is 0 Å². The summed E-state index contributed by atoms with van der Waals surface area (Å²) in [4.78, 5) is 36.7. The molecular formula is C27H15ClF5NO5. The van der Waals surface area contributed by atoms with Crippen LogP contribution >= 0.6 is 11.6 Å². The lowest BCUT2D eigenvalue weighted by Crippen LogP contribution is -2.22. The highest BCUT2D eigenvalue weighted by Crippen LogP contribution is 2.37. The first-order valence-electron chi connectivity index (χ1n) is 11.0. The van der Waals surface area contributed by atoms with E-state index in [9.17, 15) is 31.9 Å². The van der Waals surface area contributed by atoms with Gasteiger partial charge in [0.1, 0.15) is 17.2 Å². The van der Waals surface area contributed by atoms with E-state index in [1.165, 1.54) is 36.4 Å². The van der Waals surface area contributed by atoms with Crippen LogP contribution in [0.3, 0.4) is 0 Å². The topological polar surface area (TPSA) is 96.6 Å². The van der Waals surface area contributed by atoms with E-state index in [-0.39, 0.29) is 33.2 Å². The monoisotopic (exact) mass is 563 g/mol. The maximum Gasteiger partial charge on any atom is 0.418 e. The van der Waals surface area contributed by atoms with Crippen LogP contribution in [0.2, 0.25) is 5.02 Å². The van der Waals surface area contributed by atoms with Gasteiger partial charge in [0, 0.05) is 22.7 Å². The summed E-state index contributed by atoms with van der Waals surface area (Å²) in [7, 11) is 0. The number of anilines is 1. The average molecular weight is 564 g/mol. The van der Waals surface area contributed by atoms with Gasteiger partial charge in [-0.3, -0.25) is 4.79 Å². The first-order chi connectivity index (χ1) is 18.3. The van der Waals surface area contributed by atoms with Gasteiger partial charge in [-0.2, -0.15) is 13.2 Å². The van der Waals surface area contributed by atoms with E-state index in [0.29, 0.717) is 5.56 Å². The molecule has 0 radical (unpaired) electrons. The second kappa shape index (κ2) is 10.7. The van der Waals surface area contributed by atoms with Crippen molar-refractivity contribution in [2.24, 2.45) is 0 Å². The number of rotatable bonds is 6. The number of carboxylic acids is 1. The number of nitrogens with one attached hydrogen (secondary N) is 1. The first-order valence-corrected chi connectivity index (χ1v) is 11.3. The number of carboxylic acid groups (broad SMARTS) is 1. The zero-order chi connectivity index (χ0) is 28.5. The van der Waals surface area contributed by atoms with Crippen molar-refractivity contribution < 1.29 is 41.1 Å². The number of aliphatic carboxylic acids is 1. The fourth-order valence-electron chi connectivity index (χ4n) is 3.95. The highest BCUT2D eigenvalue weighted by atomic mass is 35.5. The Kier molecular flexibility index (Phi) is 7.55. The summed E-state index contributed by atoms with van der Waals surface area (Å²) in [6.07, 6.45) is -3.75. The molecule has 12 heteroatoms. The van der Waals surface area contributed by atoms with E-state index in [4.69, 9.17) is 21.1 Å². The summed E-state index contributed by atoms with van der Waals surface area (Å²) in [5.74, 6) is -4.43. The molecule has 4 aromatic rings. The summed E-state index contributed by atoms with van der Waals surface area (Å²) < 4.78 is 73.9. The van der Waals surface area contributed by atoms with Gasteiger partial charge in [0.05, 0.1) is 28.6 Å². The van der Waals surface area contributed by atoms with Crippen LogP contribution in [-0.2, 0) is 22.2 Å². The van der Waals surface area contributed by atoms with Crippen LogP contribution in [0.15, 0.2) is 69.9 Å². The van der Waals surface area contributed by atoms with Crippen LogP contribution in [-0.4, -0.2) is 17.0 Å². The molecule has 6 nitrogen and oxygen atoms in total. The van der Waals surface area contributed by atoms with Crippen molar-refractivity contribution in [1.29, 1.82) is 0 Å². The molecule has 200 valence electrons. The first kappa shape index (κ1) is 27.5. The Morgan fingerprint density at radius 1 is 1.05 bits per heavy atom. The second-order valence-corrected chi connectivity index (χ2v) is 8.65. The molecule has 0 aliphatic rings. The van der Waals surface area contributed by atoms with Gasteiger partial charge in [0.15, 0.2) is 0 Å².